The molecule has 21 heavy (non-hydrogen) atoms. The van der Waals surface area contributed by atoms with E-state index in [9.17, 15) is 0 Å². The lowest BCUT2D eigenvalue weighted by Crippen LogP contribution is -2.42. The van der Waals surface area contributed by atoms with E-state index in [1.165, 1.54) is 45.2 Å². The molecule has 116 valence electrons. The lowest BCUT2D eigenvalue weighted by Gasteiger charge is -2.31. The highest BCUT2D eigenvalue weighted by Gasteiger charge is 2.28. The van der Waals surface area contributed by atoms with E-state index in [2.05, 4.69) is 54.4 Å². The quantitative estimate of drug-likeness (QED) is 0.906. The molecule has 1 N–H and O–H groups in total. The summed E-state index contributed by atoms with van der Waals surface area (Å²) < 4.78 is 0. The van der Waals surface area contributed by atoms with Crippen LogP contribution in [0, 0.1) is 0 Å². The van der Waals surface area contributed by atoms with Crippen LogP contribution in [0.2, 0.25) is 0 Å². The summed E-state index contributed by atoms with van der Waals surface area (Å²) in [5, 5.41) is 3.93. The van der Waals surface area contributed by atoms with Crippen LogP contribution < -0.4 is 5.32 Å². The van der Waals surface area contributed by atoms with E-state index in [1.807, 2.05) is 0 Å². The fourth-order valence-electron chi connectivity index (χ4n) is 4.04. The first-order valence-electron chi connectivity index (χ1n) is 8.77. The Labute approximate surface area is 129 Å². The Balaban J connectivity index is 1.44. The lowest BCUT2D eigenvalue weighted by molar-refractivity contribution is 0.257. The van der Waals surface area contributed by atoms with E-state index >= 15 is 0 Å². The molecule has 2 nitrogen and oxygen atoms in total. The Morgan fingerprint density at radius 2 is 1.67 bits per heavy atom. The molecule has 1 heterocycles. The van der Waals surface area contributed by atoms with E-state index in [0.717, 1.165) is 18.0 Å². The summed E-state index contributed by atoms with van der Waals surface area (Å²) in [7, 11) is 0. The average Bonchev–Trinajstić information content (AvgIpc) is 2.98. The highest BCUT2D eigenvalue weighted by Crippen LogP contribution is 2.33. The Morgan fingerprint density at radius 3 is 2.29 bits per heavy atom. The molecule has 3 rings (SSSR count). The zero-order valence-electron chi connectivity index (χ0n) is 13.6. The highest BCUT2D eigenvalue weighted by molar-refractivity contribution is 5.20. The van der Waals surface area contributed by atoms with Gasteiger partial charge in [-0.2, -0.15) is 0 Å². The molecule has 1 aromatic rings. The van der Waals surface area contributed by atoms with Crippen LogP contribution in [0.1, 0.15) is 57.4 Å². The summed E-state index contributed by atoms with van der Waals surface area (Å²) in [5.41, 5.74) is 1.54. The van der Waals surface area contributed by atoms with Gasteiger partial charge in [0.25, 0.3) is 0 Å². The molecule has 1 aromatic carbocycles. The maximum atomic E-state index is 3.93. The molecule has 1 atom stereocenters. The van der Waals surface area contributed by atoms with Crippen molar-refractivity contribution in [1.82, 2.24) is 10.2 Å². The van der Waals surface area contributed by atoms with Gasteiger partial charge >= 0.3 is 0 Å². The summed E-state index contributed by atoms with van der Waals surface area (Å²) in [5.74, 6) is 0.792. The van der Waals surface area contributed by atoms with Crippen molar-refractivity contribution in [3.05, 3.63) is 35.9 Å². The molecule has 2 fully saturated rings. The third kappa shape index (κ3) is 3.87. The van der Waals surface area contributed by atoms with E-state index in [4.69, 9.17) is 0 Å². The molecule has 2 aliphatic rings. The number of hydrogen-bond donors (Lipinski definition) is 1. The van der Waals surface area contributed by atoms with E-state index in [1.54, 1.807) is 5.56 Å². The first-order chi connectivity index (χ1) is 10.2. The van der Waals surface area contributed by atoms with Gasteiger partial charge in [-0.1, -0.05) is 30.3 Å². The monoisotopic (exact) mass is 286 g/mol. The third-order valence-corrected chi connectivity index (χ3v) is 5.42. The van der Waals surface area contributed by atoms with Crippen LogP contribution in [0.4, 0.5) is 0 Å². The maximum absolute atomic E-state index is 3.93. The topological polar surface area (TPSA) is 15.3 Å². The minimum atomic E-state index is 0.700. The van der Waals surface area contributed by atoms with Gasteiger partial charge in [-0.15, -0.1) is 0 Å². The number of rotatable bonds is 4. The van der Waals surface area contributed by atoms with Gasteiger partial charge in [0.1, 0.15) is 0 Å². The normalized spacial score (nSPS) is 30.9. The minimum absolute atomic E-state index is 0.700. The van der Waals surface area contributed by atoms with Crippen molar-refractivity contribution in [3.8, 4) is 0 Å². The van der Waals surface area contributed by atoms with Crippen LogP contribution in [-0.4, -0.2) is 36.1 Å². The molecule has 2 heteroatoms. The summed E-state index contributed by atoms with van der Waals surface area (Å²) >= 11 is 0. The molecule has 0 bridgehead atoms. The molecule has 0 radical (unpaired) electrons. The van der Waals surface area contributed by atoms with Crippen molar-refractivity contribution in [3.63, 3.8) is 0 Å². The Morgan fingerprint density at radius 1 is 0.952 bits per heavy atom. The zero-order valence-corrected chi connectivity index (χ0v) is 13.6. The van der Waals surface area contributed by atoms with Gasteiger partial charge in [-0.25, -0.2) is 0 Å². The van der Waals surface area contributed by atoms with E-state index < -0.39 is 0 Å². The predicted octanol–water partition coefficient (Wildman–Crippen LogP) is 3.79. The largest absolute Gasteiger partial charge is 0.310 e. The van der Waals surface area contributed by atoms with Gasteiger partial charge in [-0.3, -0.25) is 4.90 Å². The van der Waals surface area contributed by atoms with Crippen molar-refractivity contribution < 1.29 is 0 Å². The van der Waals surface area contributed by atoms with Crippen LogP contribution in [0.5, 0.6) is 0 Å². The summed E-state index contributed by atoms with van der Waals surface area (Å²) in [6.07, 6.45) is 6.72. The first-order valence-corrected chi connectivity index (χ1v) is 8.77. The summed E-state index contributed by atoms with van der Waals surface area (Å²) in [4.78, 5) is 2.60. The Kier molecular flexibility index (Phi) is 4.97. The van der Waals surface area contributed by atoms with Crippen LogP contribution in [0.3, 0.4) is 0 Å². The minimum Gasteiger partial charge on any atom is -0.310 e. The van der Waals surface area contributed by atoms with E-state index in [-0.39, 0.29) is 0 Å². The molecule has 1 aliphatic carbocycles. The van der Waals surface area contributed by atoms with Crippen LogP contribution >= 0.6 is 0 Å². The second-order valence-electron chi connectivity index (χ2n) is 7.20. The van der Waals surface area contributed by atoms with Gasteiger partial charge < -0.3 is 5.32 Å². The van der Waals surface area contributed by atoms with E-state index in [0.29, 0.717) is 6.04 Å². The van der Waals surface area contributed by atoms with Gasteiger partial charge in [0.15, 0.2) is 0 Å². The third-order valence-electron chi connectivity index (χ3n) is 5.42. The van der Waals surface area contributed by atoms with Crippen molar-refractivity contribution in [2.24, 2.45) is 0 Å². The SMILES string of the molecule is CC(C)N1CCC(NC2CCC(c3ccccc3)CC2)C1. The zero-order chi connectivity index (χ0) is 14.7. The molecular formula is C19H30N2. The number of nitrogens with one attached hydrogen (secondary N) is 1. The van der Waals surface area contributed by atoms with Crippen molar-refractivity contribution >= 4 is 0 Å². The fourth-order valence-corrected chi connectivity index (χ4v) is 4.04. The smallest absolute Gasteiger partial charge is 0.0209 e. The van der Waals surface area contributed by atoms with Crippen molar-refractivity contribution in [2.75, 3.05) is 13.1 Å². The lowest BCUT2D eigenvalue weighted by atomic mass is 9.81. The Hall–Kier alpha value is -0.860. The van der Waals surface area contributed by atoms with Gasteiger partial charge in [0, 0.05) is 24.7 Å². The molecule has 1 unspecified atom stereocenters. The van der Waals surface area contributed by atoms with Gasteiger partial charge in [0.05, 0.1) is 0 Å². The van der Waals surface area contributed by atoms with Crippen molar-refractivity contribution in [1.29, 1.82) is 0 Å². The molecule has 1 saturated carbocycles. The Bertz CT molecular complexity index is 420. The highest BCUT2D eigenvalue weighted by atomic mass is 15.2. The average molecular weight is 286 g/mol. The summed E-state index contributed by atoms with van der Waals surface area (Å²) in [6, 6.07) is 13.3. The molecule has 1 saturated heterocycles. The van der Waals surface area contributed by atoms with Gasteiger partial charge in [-0.05, 0) is 64.0 Å². The number of likely N-dealkylation sites (tertiary alicyclic amines) is 1. The standard InChI is InChI=1S/C19H30N2/c1-15(2)21-13-12-19(14-21)20-18-10-8-17(9-11-18)16-6-4-3-5-7-16/h3-7,15,17-20H,8-14H2,1-2H3. The number of nitrogens with zero attached hydrogens (tertiary/aromatic N) is 1. The van der Waals surface area contributed by atoms with Crippen LogP contribution in [0.15, 0.2) is 30.3 Å². The van der Waals surface area contributed by atoms with Crippen LogP contribution in [-0.2, 0) is 0 Å². The summed E-state index contributed by atoms with van der Waals surface area (Å²) in [6.45, 7) is 7.14. The molecule has 0 spiro atoms. The molecule has 0 amide bonds. The van der Waals surface area contributed by atoms with Gasteiger partial charge in [0.2, 0.25) is 0 Å². The molecular weight excluding hydrogens is 256 g/mol. The number of hydrogen-bond acceptors (Lipinski definition) is 2. The predicted molar refractivity (Wildman–Crippen MR) is 89.7 cm³/mol. The number of benzene rings is 1. The molecule has 0 aromatic heterocycles. The van der Waals surface area contributed by atoms with Crippen molar-refractivity contribution in [2.45, 2.75) is 70.0 Å². The first kappa shape index (κ1) is 15.1. The second kappa shape index (κ2) is 6.93. The fraction of sp³-hybridized carbons (Fsp3) is 0.684. The van der Waals surface area contributed by atoms with Crippen LogP contribution in [0.25, 0.3) is 0 Å². The molecule has 1 aliphatic heterocycles. The second-order valence-corrected chi connectivity index (χ2v) is 7.20. The maximum Gasteiger partial charge on any atom is 0.0209 e.